The Balaban J connectivity index is -0.000000126. The van der Waals surface area contributed by atoms with Crippen LogP contribution in [0.2, 0.25) is 0 Å². The number of nitrogens with zero attached hydrogens (tertiary/aromatic N) is 1. The average Bonchev–Trinajstić information content (AvgIpc) is 3.39. The Morgan fingerprint density at radius 2 is 1.21 bits per heavy atom. The lowest BCUT2D eigenvalue weighted by atomic mass is 9.87. The van der Waals surface area contributed by atoms with Gasteiger partial charge < -0.3 is 9.69 Å². The second-order valence-electron chi connectivity index (χ2n) is 6.71. The van der Waals surface area contributed by atoms with E-state index in [1.54, 1.807) is 0 Å². The number of aldehydes is 1. The fourth-order valence-corrected chi connectivity index (χ4v) is 4.21. The summed E-state index contributed by atoms with van der Waals surface area (Å²) in [5, 5.41) is 0. The van der Waals surface area contributed by atoms with Crippen LogP contribution in [0.4, 0.5) is 0 Å². The zero-order valence-electron chi connectivity index (χ0n) is 23.6. The molecule has 29 heavy (non-hydrogen) atoms. The molecule has 1 heterocycles. The van der Waals surface area contributed by atoms with Crippen molar-refractivity contribution in [3.8, 4) is 0 Å². The van der Waals surface area contributed by atoms with Gasteiger partial charge in [-0.05, 0) is 51.0 Å². The first-order valence-electron chi connectivity index (χ1n) is 13.1. The summed E-state index contributed by atoms with van der Waals surface area (Å²) in [5.74, 6) is 2.11. The largest absolute Gasteiger partial charge is 0.304 e. The van der Waals surface area contributed by atoms with E-state index >= 15 is 0 Å². The van der Waals surface area contributed by atoms with E-state index in [-0.39, 0.29) is 0 Å². The van der Waals surface area contributed by atoms with Crippen molar-refractivity contribution in [3.63, 3.8) is 0 Å². The topological polar surface area (TPSA) is 20.3 Å². The number of hydrogen-bond donors (Lipinski definition) is 0. The monoisotopic (exact) mass is 417 g/mol. The molecule has 2 heteroatoms. The molecule has 0 aromatic carbocycles. The third kappa shape index (κ3) is 17.0. The third-order valence-electron chi connectivity index (χ3n) is 5.16. The predicted molar refractivity (Wildman–Crippen MR) is 139 cm³/mol. The summed E-state index contributed by atoms with van der Waals surface area (Å²) in [6.45, 7) is 29.9. The smallest absolute Gasteiger partial charge is 0.116 e. The molecule has 182 valence electrons. The van der Waals surface area contributed by atoms with E-state index in [9.17, 15) is 0 Å². The van der Waals surface area contributed by atoms with Crippen molar-refractivity contribution in [3.05, 3.63) is 0 Å². The van der Waals surface area contributed by atoms with Crippen molar-refractivity contribution in [1.29, 1.82) is 0 Å². The number of carbonyl (C=O) groups is 1. The highest BCUT2D eigenvalue weighted by atomic mass is 16.1. The highest BCUT2D eigenvalue weighted by Gasteiger charge is 2.60. The summed E-state index contributed by atoms with van der Waals surface area (Å²) < 4.78 is 0. The summed E-state index contributed by atoms with van der Waals surface area (Å²) in [6, 6.07) is 0.828. The lowest BCUT2D eigenvalue weighted by Crippen LogP contribution is -2.22. The quantitative estimate of drug-likeness (QED) is 0.415. The van der Waals surface area contributed by atoms with Gasteiger partial charge in [0.1, 0.15) is 6.29 Å². The fraction of sp³-hybridized carbons (Fsp3) is 0.963. The highest BCUT2D eigenvalue weighted by Crippen LogP contribution is 2.64. The molecule has 2 nitrogen and oxygen atoms in total. The van der Waals surface area contributed by atoms with E-state index in [1.807, 2.05) is 69.2 Å². The molecule has 1 saturated heterocycles. The molecule has 1 aliphatic heterocycles. The third-order valence-corrected chi connectivity index (χ3v) is 5.16. The van der Waals surface area contributed by atoms with E-state index in [1.165, 1.54) is 52.0 Å². The molecule has 1 saturated carbocycles. The minimum absolute atomic E-state index is 0.750. The van der Waals surface area contributed by atoms with Crippen molar-refractivity contribution < 1.29 is 4.79 Å². The van der Waals surface area contributed by atoms with Crippen molar-refractivity contribution in [1.82, 2.24) is 4.90 Å². The Morgan fingerprint density at radius 1 is 0.862 bits per heavy atom. The van der Waals surface area contributed by atoms with Crippen LogP contribution in [0.3, 0.4) is 0 Å². The zero-order chi connectivity index (χ0) is 24.5. The standard InChI is InChI=1S/C15H29N.C2H4O.5C2H6/c1-5-7-13(8-6-2)14-10-15(14)9-12(3)16(4)11-15;1-2-3;5*1-2/h12-14H,5-11H2,1-4H3;2H,1H3;5*1-2H3/t12?,14-,15?;;;;;;/m1....../s1. The van der Waals surface area contributed by atoms with Crippen LogP contribution in [-0.2, 0) is 4.79 Å². The molecule has 1 spiro atoms. The van der Waals surface area contributed by atoms with Crippen molar-refractivity contribution in [2.75, 3.05) is 13.6 Å². The number of hydrogen-bond acceptors (Lipinski definition) is 2. The van der Waals surface area contributed by atoms with E-state index in [0.29, 0.717) is 0 Å². The van der Waals surface area contributed by atoms with Gasteiger partial charge in [-0.25, -0.2) is 0 Å². The van der Waals surface area contributed by atoms with Crippen LogP contribution in [0.5, 0.6) is 0 Å². The Morgan fingerprint density at radius 3 is 1.45 bits per heavy atom. The van der Waals surface area contributed by atoms with Gasteiger partial charge in [0.2, 0.25) is 0 Å². The number of rotatable bonds is 5. The lowest BCUT2D eigenvalue weighted by molar-refractivity contribution is -0.106. The van der Waals surface area contributed by atoms with Gasteiger partial charge in [0.25, 0.3) is 0 Å². The molecular formula is C27H63NO. The predicted octanol–water partition coefficient (Wildman–Crippen LogP) is 9.27. The first-order chi connectivity index (χ1) is 14.0. The number of carbonyl (C=O) groups excluding carboxylic acids is 1. The highest BCUT2D eigenvalue weighted by molar-refractivity contribution is 5.44. The van der Waals surface area contributed by atoms with Crippen molar-refractivity contribution in [2.45, 2.75) is 141 Å². The van der Waals surface area contributed by atoms with E-state index in [2.05, 4.69) is 32.7 Å². The van der Waals surface area contributed by atoms with Gasteiger partial charge in [0.05, 0.1) is 0 Å². The minimum atomic E-state index is 0.750. The van der Waals surface area contributed by atoms with Crippen molar-refractivity contribution in [2.24, 2.45) is 17.3 Å². The maximum Gasteiger partial charge on any atom is 0.116 e. The molecule has 0 bridgehead atoms. The van der Waals surface area contributed by atoms with Gasteiger partial charge >= 0.3 is 0 Å². The minimum Gasteiger partial charge on any atom is -0.304 e. The van der Waals surface area contributed by atoms with E-state index in [0.717, 1.165) is 29.6 Å². The first kappa shape index (κ1) is 39.1. The first-order valence-corrected chi connectivity index (χ1v) is 13.1. The van der Waals surface area contributed by atoms with Gasteiger partial charge in [-0.2, -0.15) is 0 Å². The molecule has 2 rings (SSSR count). The lowest BCUT2D eigenvalue weighted by Gasteiger charge is -2.18. The normalized spacial score (nSPS) is 22.9. The summed E-state index contributed by atoms with van der Waals surface area (Å²) in [6.07, 6.45) is 9.45. The number of likely N-dealkylation sites (tertiary alicyclic amines) is 1. The maximum atomic E-state index is 8.81. The average molecular weight is 418 g/mol. The zero-order valence-corrected chi connectivity index (χ0v) is 23.6. The molecule has 0 radical (unpaired) electrons. The summed E-state index contributed by atoms with van der Waals surface area (Å²) >= 11 is 0. The maximum absolute atomic E-state index is 8.81. The molecule has 3 atom stereocenters. The van der Waals surface area contributed by atoms with Crippen LogP contribution in [-0.4, -0.2) is 30.8 Å². The van der Waals surface area contributed by atoms with Crippen LogP contribution >= 0.6 is 0 Å². The fourth-order valence-electron chi connectivity index (χ4n) is 4.21. The molecule has 2 fully saturated rings. The molecule has 1 aliphatic carbocycles. The SMILES string of the molecule is CC.CC.CC.CC.CC.CC=O.CCCC(CCC)[C@H]1CC12CC(C)N(C)C2. The van der Waals surface area contributed by atoms with Gasteiger partial charge in [0.15, 0.2) is 0 Å². The second kappa shape index (κ2) is 29.8. The Bertz CT molecular complexity index is 262. The van der Waals surface area contributed by atoms with Crippen LogP contribution in [0, 0.1) is 17.3 Å². The van der Waals surface area contributed by atoms with Crippen molar-refractivity contribution >= 4 is 6.29 Å². The molecular weight excluding hydrogens is 354 g/mol. The van der Waals surface area contributed by atoms with Gasteiger partial charge in [0, 0.05) is 12.6 Å². The molecule has 0 N–H and O–H groups in total. The summed E-state index contributed by atoms with van der Waals surface area (Å²) in [5.41, 5.74) is 0.753. The van der Waals surface area contributed by atoms with Crippen LogP contribution < -0.4 is 0 Å². The molecule has 0 aromatic rings. The van der Waals surface area contributed by atoms with Gasteiger partial charge in [-0.3, -0.25) is 0 Å². The Labute approximate surface area is 188 Å². The second-order valence-corrected chi connectivity index (χ2v) is 6.71. The summed E-state index contributed by atoms with van der Waals surface area (Å²) in [4.78, 5) is 11.4. The molecule has 0 aromatic heterocycles. The van der Waals surface area contributed by atoms with Gasteiger partial charge in [-0.15, -0.1) is 0 Å². The van der Waals surface area contributed by atoms with Crippen LogP contribution in [0.1, 0.15) is 135 Å². The van der Waals surface area contributed by atoms with Gasteiger partial charge in [-0.1, -0.05) is 109 Å². The van der Waals surface area contributed by atoms with Crippen LogP contribution in [0.15, 0.2) is 0 Å². The van der Waals surface area contributed by atoms with E-state index < -0.39 is 0 Å². The molecule has 2 unspecified atom stereocenters. The van der Waals surface area contributed by atoms with E-state index in [4.69, 9.17) is 4.79 Å². The van der Waals surface area contributed by atoms with Crippen LogP contribution in [0.25, 0.3) is 0 Å². The Kier molecular flexibility index (Phi) is 40.3. The summed E-state index contributed by atoms with van der Waals surface area (Å²) in [7, 11) is 2.31. The Hall–Kier alpha value is -0.370. The molecule has 0 amide bonds. The molecule has 2 aliphatic rings.